The van der Waals surface area contributed by atoms with E-state index in [1.54, 1.807) is 0 Å². The normalized spacial score (nSPS) is 10.5. The summed E-state index contributed by atoms with van der Waals surface area (Å²) < 4.78 is 0. The van der Waals surface area contributed by atoms with Gasteiger partial charge in [0.05, 0.1) is 18.8 Å². The molecule has 0 atom stereocenters. The molecule has 0 aliphatic rings. The third-order valence-corrected chi connectivity index (χ3v) is 4.23. The molecule has 0 aliphatic carbocycles. The van der Waals surface area contributed by atoms with Crippen molar-refractivity contribution >= 4 is 28.1 Å². The van der Waals surface area contributed by atoms with Crippen molar-refractivity contribution < 1.29 is 9.90 Å². The third kappa shape index (κ3) is 4.29. The maximum atomic E-state index is 12.2. The van der Waals surface area contributed by atoms with Crippen LogP contribution in [-0.2, 0) is 11.2 Å². The Morgan fingerprint density at radius 3 is 2.68 bits per heavy atom. The number of amides is 1. The average Bonchev–Trinajstić information content (AvgIpc) is 2.87. The van der Waals surface area contributed by atoms with Crippen molar-refractivity contribution in [2.45, 2.75) is 20.3 Å². The van der Waals surface area contributed by atoms with Crippen molar-refractivity contribution in [3.63, 3.8) is 0 Å². The molecular formula is C16H21N3O2S. The SMILES string of the molecule is CCc1nc(NC(=O)CN(CCO)c2ccccc2)sc1C. The van der Waals surface area contributed by atoms with Crippen LogP contribution in [-0.4, -0.2) is 35.7 Å². The quantitative estimate of drug-likeness (QED) is 0.823. The van der Waals surface area contributed by atoms with Crippen LogP contribution in [0.1, 0.15) is 17.5 Å². The summed E-state index contributed by atoms with van der Waals surface area (Å²) in [6.07, 6.45) is 0.860. The van der Waals surface area contributed by atoms with E-state index in [1.807, 2.05) is 49.1 Å². The van der Waals surface area contributed by atoms with E-state index in [0.717, 1.165) is 22.7 Å². The molecule has 118 valence electrons. The molecule has 0 saturated carbocycles. The minimum Gasteiger partial charge on any atom is -0.395 e. The van der Waals surface area contributed by atoms with E-state index in [-0.39, 0.29) is 19.1 Å². The van der Waals surface area contributed by atoms with Gasteiger partial charge < -0.3 is 15.3 Å². The molecule has 1 amide bonds. The second-order valence-corrected chi connectivity index (χ2v) is 6.11. The van der Waals surface area contributed by atoms with Gasteiger partial charge in [0.25, 0.3) is 0 Å². The van der Waals surface area contributed by atoms with Crippen LogP contribution in [0.3, 0.4) is 0 Å². The number of anilines is 2. The Morgan fingerprint density at radius 2 is 2.09 bits per heavy atom. The Hall–Kier alpha value is -1.92. The Balaban J connectivity index is 2.01. The summed E-state index contributed by atoms with van der Waals surface area (Å²) in [6, 6.07) is 9.59. The number of benzene rings is 1. The molecule has 5 nitrogen and oxygen atoms in total. The van der Waals surface area contributed by atoms with Gasteiger partial charge in [0.1, 0.15) is 0 Å². The molecule has 0 aliphatic heterocycles. The average molecular weight is 319 g/mol. The molecule has 0 saturated heterocycles. The summed E-state index contributed by atoms with van der Waals surface area (Å²) in [5.74, 6) is -0.131. The summed E-state index contributed by atoms with van der Waals surface area (Å²) in [5, 5.41) is 12.7. The zero-order chi connectivity index (χ0) is 15.9. The number of nitrogens with one attached hydrogen (secondary N) is 1. The number of nitrogens with zero attached hydrogens (tertiary/aromatic N) is 2. The van der Waals surface area contributed by atoms with Crippen molar-refractivity contribution in [1.82, 2.24) is 4.98 Å². The number of carbonyl (C=O) groups is 1. The predicted molar refractivity (Wildman–Crippen MR) is 90.6 cm³/mol. The molecule has 1 aromatic carbocycles. The van der Waals surface area contributed by atoms with E-state index in [4.69, 9.17) is 0 Å². The fourth-order valence-corrected chi connectivity index (χ4v) is 3.12. The van der Waals surface area contributed by atoms with Crippen LogP contribution in [0.5, 0.6) is 0 Å². The Bertz CT molecular complexity index is 613. The molecule has 1 heterocycles. The van der Waals surface area contributed by atoms with Crippen LogP contribution in [0.25, 0.3) is 0 Å². The monoisotopic (exact) mass is 319 g/mol. The minimum atomic E-state index is -0.131. The lowest BCUT2D eigenvalue weighted by Crippen LogP contribution is -2.35. The van der Waals surface area contributed by atoms with Crippen LogP contribution in [0.4, 0.5) is 10.8 Å². The summed E-state index contributed by atoms with van der Waals surface area (Å²) in [4.78, 5) is 19.6. The fourth-order valence-electron chi connectivity index (χ4n) is 2.20. The third-order valence-electron chi connectivity index (χ3n) is 3.30. The van der Waals surface area contributed by atoms with Crippen LogP contribution >= 0.6 is 11.3 Å². The molecule has 0 spiro atoms. The number of hydrogen-bond acceptors (Lipinski definition) is 5. The van der Waals surface area contributed by atoms with E-state index < -0.39 is 0 Å². The molecule has 2 aromatic rings. The lowest BCUT2D eigenvalue weighted by Gasteiger charge is -2.22. The molecular weight excluding hydrogens is 298 g/mol. The van der Waals surface area contributed by atoms with Crippen LogP contribution in [0.2, 0.25) is 0 Å². The van der Waals surface area contributed by atoms with Crippen molar-refractivity contribution in [3.8, 4) is 0 Å². The molecule has 0 bridgehead atoms. The second-order valence-electron chi connectivity index (χ2n) is 4.90. The summed E-state index contributed by atoms with van der Waals surface area (Å²) in [6.45, 7) is 4.65. The van der Waals surface area contributed by atoms with Gasteiger partial charge in [0.15, 0.2) is 5.13 Å². The van der Waals surface area contributed by atoms with Crippen molar-refractivity contribution in [2.75, 3.05) is 29.9 Å². The minimum absolute atomic E-state index is 0.00147. The molecule has 6 heteroatoms. The molecule has 1 aromatic heterocycles. The Kier molecular flexibility index (Phi) is 5.91. The number of aryl methyl sites for hydroxylation is 2. The van der Waals surface area contributed by atoms with Gasteiger partial charge >= 0.3 is 0 Å². The Labute approximate surface area is 134 Å². The van der Waals surface area contributed by atoms with Gasteiger partial charge in [-0.05, 0) is 25.5 Å². The lowest BCUT2D eigenvalue weighted by molar-refractivity contribution is -0.115. The first kappa shape index (κ1) is 16.5. The van der Waals surface area contributed by atoms with Gasteiger partial charge in [-0.3, -0.25) is 4.79 Å². The van der Waals surface area contributed by atoms with Gasteiger partial charge in [0.2, 0.25) is 5.91 Å². The van der Waals surface area contributed by atoms with E-state index in [1.165, 1.54) is 11.3 Å². The van der Waals surface area contributed by atoms with Gasteiger partial charge in [-0.1, -0.05) is 25.1 Å². The first-order chi connectivity index (χ1) is 10.6. The number of hydrogen-bond donors (Lipinski definition) is 2. The molecule has 2 N–H and O–H groups in total. The van der Waals surface area contributed by atoms with Crippen molar-refractivity contribution in [1.29, 1.82) is 0 Å². The number of para-hydroxylation sites is 1. The van der Waals surface area contributed by atoms with E-state index in [2.05, 4.69) is 10.3 Å². The maximum Gasteiger partial charge on any atom is 0.245 e. The van der Waals surface area contributed by atoms with Crippen LogP contribution < -0.4 is 10.2 Å². The van der Waals surface area contributed by atoms with Gasteiger partial charge in [0, 0.05) is 17.1 Å². The zero-order valence-electron chi connectivity index (χ0n) is 12.9. The molecule has 0 fully saturated rings. The smallest absolute Gasteiger partial charge is 0.245 e. The van der Waals surface area contributed by atoms with Crippen molar-refractivity contribution in [3.05, 3.63) is 40.9 Å². The van der Waals surface area contributed by atoms with E-state index in [9.17, 15) is 9.90 Å². The standard InChI is InChI=1S/C16H21N3O2S/c1-3-14-12(2)22-16(17-14)18-15(21)11-19(9-10-20)13-7-5-4-6-8-13/h4-8,20H,3,9-11H2,1-2H3,(H,17,18,21). The zero-order valence-corrected chi connectivity index (χ0v) is 13.7. The van der Waals surface area contributed by atoms with Gasteiger partial charge in [-0.25, -0.2) is 4.98 Å². The molecule has 22 heavy (non-hydrogen) atoms. The van der Waals surface area contributed by atoms with Crippen molar-refractivity contribution in [2.24, 2.45) is 0 Å². The van der Waals surface area contributed by atoms with Crippen LogP contribution in [0, 0.1) is 6.92 Å². The molecule has 2 rings (SSSR count). The summed E-state index contributed by atoms with van der Waals surface area (Å²) in [7, 11) is 0. The predicted octanol–water partition coefficient (Wildman–Crippen LogP) is 2.45. The maximum absolute atomic E-state index is 12.2. The first-order valence-corrected chi connectivity index (χ1v) is 8.12. The highest BCUT2D eigenvalue weighted by Crippen LogP contribution is 2.22. The Morgan fingerprint density at radius 1 is 1.36 bits per heavy atom. The highest BCUT2D eigenvalue weighted by molar-refractivity contribution is 7.15. The number of rotatable bonds is 7. The lowest BCUT2D eigenvalue weighted by atomic mass is 10.3. The van der Waals surface area contributed by atoms with Gasteiger partial charge in [-0.15, -0.1) is 11.3 Å². The van der Waals surface area contributed by atoms with Gasteiger partial charge in [-0.2, -0.15) is 0 Å². The highest BCUT2D eigenvalue weighted by Gasteiger charge is 2.13. The number of aromatic nitrogens is 1. The number of aliphatic hydroxyl groups excluding tert-OH is 1. The number of carbonyl (C=O) groups excluding carboxylic acids is 1. The molecule has 0 unspecified atom stereocenters. The summed E-state index contributed by atoms with van der Waals surface area (Å²) in [5.41, 5.74) is 1.94. The number of aliphatic hydroxyl groups is 1. The van der Waals surface area contributed by atoms with E-state index in [0.29, 0.717) is 11.7 Å². The highest BCUT2D eigenvalue weighted by atomic mass is 32.1. The molecule has 0 radical (unpaired) electrons. The second kappa shape index (κ2) is 7.91. The van der Waals surface area contributed by atoms with Crippen LogP contribution in [0.15, 0.2) is 30.3 Å². The number of thiazole rings is 1. The topological polar surface area (TPSA) is 65.5 Å². The summed E-state index contributed by atoms with van der Waals surface area (Å²) >= 11 is 1.49. The van der Waals surface area contributed by atoms with E-state index >= 15 is 0 Å². The fraction of sp³-hybridized carbons (Fsp3) is 0.375. The first-order valence-electron chi connectivity index (χ1n) is 7.31. The largest absolute Gasteiger partial charge is 0.395 e.